The molecule has 6 heteroatoms. The average molecular weight is 400 g/mol. The molecule has 1 aromatic carbocycles. The van der Waals surface area contributed by atoms with Gasteiger partial charge in [0.1, 0.15) is 0 Å². The van der Waals surface area contributed by atoms with Crippen molar-refractivity contribution >= 4 is 51.4 Å². The van der Waals surface area contributed by atoms with Gasteiger partial charge in [-0.05, 0) is 46.9 Å². The van der Waals surface area contributed by atoms with Crippen LogP contribution in [0.1, 0.15) is 20.7 Å². The Balaban J connectivity index is 2.16. The molecule has 0 fully saturated rings. The van der Waals surface area contributed by atoms with Crippen molar-refractivity contribution in [1.82, 2.24) is 4.90 Å². The summed E-state index contributed by atoms with van der Waals surface area (Å²) in [5.74, 6) is -0.259. The molecule has 0 spiro atoms. The third kappa shape index (κ3) is 3.57. The van der Waals surface area contributed by atoms with Crippen molar-refractivity contribution in [2.24, 2.45) is 0 Å². The lowest BCUT2D eigenvalue weighted by atomic mass is 10.1. The Morgan fingerprint density at radius 3 is 2.55 bits per heavy atom. The maximum absolute atomic E-state index is 12.0. The fourth-order valence-electron chi connectivity index (χ4n) is 1.62. The first-order valence-electron chi connectivity index (χ1n) is 5.84. The van der Waals surface area contributed by atoms with E-state index in [4.69, 9.17) is 0 Å². The summed E-state index contributed by atoms with van der Waals surface area (Å²) in [6.45, 7) is 0. The standard InChI is InChI=1S/C14H13IN2O2S/c1-17(2)14(19)9-4-3-5-11(6-9)16-13(18)10-7-12(15)20-8-10/h3-8H,1-2H3,(H,16,18). The number of amides is 2. The van der Waals surface area contributed by atoms with Gasteiger partial charge in [-0.15, -0.1) is 11.3 Å². The lowest BCUT2D eigenvalue weighted by Crippen LogP contribution is -2.21. The molecule has 0 saturated carbocycles. The highest BCUT2D eigenvalue weighted by Crippen LogP contribution is 2.18. The fourth-order valence-corrected chi connectivity index (χ4v) is 2.95. The topological polar surface area (TPSA) is 49.4 Å². The third-order valence-corrected chi connectivity index (χ3v) is 4.39. The largest absolute Gasteiger partial charge is 0.345 e. The summed E-state index contributed by atoms with van der Waals surface area (Å²) in [5, 5.41) is 4.61. The Morgan fingerprint density at radius 1 is 1.20 bits per heavy atom. The predicted molar refractivity (Wildman–Crippen MR) is 89.4 cm³/mol. The molecule has 0 aliphatic rings. The van der Waals surface area contributed by atoms with Crippen LogP contribution in [0.2, 0.25) is 0 Å². The van der Waals surface area contributed by atoms with Gasteiger partial charge in [0, 0.05) is 30.7 Å². The summed E-state index contributed by atoms with van der Waals surface area (Å²) >= 11 is 3.69. The maximum atomic E-state index is 12.0. The van der Waals surface area contributed by atoms with E-state index in [2.05, 4.69) is 27.9 Å². The molecule has 4 nitrogen and oxygen atoms in total. The smallest absolute Gasteiger partial charge is 0.256 e. The second-order valence-corrected chi connectivity index (χ2v) is 7.18. The minimum Gasteiger partial charge on any atom is -0.345 e. The SMILES string of the molecule is CN(C)C(=O)c1cccc(NC(=O)c2csc(I)c2)c1. The molecule has 0 saturated heterocycles. The summed E-state index contributed by atoms with van der Waals surface area (Å²) in [6, 6.07) is 8.75. The van der Waals surface area contributed by atoms with Crippen molar-refractivity contribution in [2.75, 3.05) is 19.4 Å². The van der Waals surface area contributed by atoms with Crippen LogP contribution in [0, 0.1) is 2.88 Å². The first-order chi connectivity index (χ1) is 9.47. The molecule has 0 bridgehead atoms. The Hall–Kier alpha value is -1.41. The van der Waals surface area contributed by atoms with Crippen LogP contribution < -0.4 is 5.32 Å². The minimum atomic E-state index is -0.168. The van der Waals surface area contributed by atoms with Gasteiger partial charge in [0.25, 0.3) is 11.8 Å². The second-order valence-electron chi connectivity index (χ2n) is 4.37. The Bertz CT molecular complexity index is 652. The monoisotopic (exact) mass is 400 g/mol. The predicted octanol–water partition coefficient (Wildman–Crippen LogP) is 3.31. The zero-order valence-electron chi connectivity index (χ0n) is 11.0. The molecule has 0 unspecified atom stereocenters. The highest BCUT2D eigenvalue weighted by atomic mass is 127. The number of carbonyl (C=O) groups is 2. The third-order valence-electron chi connectivity index (χ3n) is 2.60. The summed E-state index contributed by atoms with van der Waals surface area (Å²) in [5.41, 5.74) is 1.79. The van der Waals surface area contributed by atoms with Crippen LogP contribution in [0.5, 0.6) is 0 Å². The fraction of sp³-hybridized carbons (Fsp3) is 0.143. The number of rotatable bonds is 3. The van der Waals surface area contributed by atoms with Gasteiger partial charge in [0.05, 0.1) is 8.45 Å². The normalized spacial score (nSPS) is 10.2. The van der Waals surface area contributed by atoms with Gasteiger partial charge in [-0.2, -0.15) is 0 Å². The van der Waals surface area contributed by atoms with Crippen molar-refractivity contribution in [1.29, 1.82) is 0 Å². The molecule has 0 atom stereocenters. The molecule has 2 rings (SSSR count). The van der Waals surface area contributed by atoms with Gasteiger partial charge in [-0.25, -0.2) is 0 Å². The van der Waals surface area contributed by atoms with E-state index >= 15 is 0 Å². The molecule has 20 heavy (non-hydrogen) atoms. The van der Waals surface area contributed by atoms with Crippen molar-refractivity contribution in [3.05, 3.63) is 49.7 Å². The Morgan fingerprint density at radius 2 is 1.95 bits per heavy atom. The minimum absolute atomic E-state index is 0.0915. The van der Waals surface area contributed by atoms with Gasteiger partial charge < -0.3 is 10.2 Å². The molecule has 0 aliphatic heterocycles. The molecular formula is C14H13IN2O2S. The van der Waals surface area contributed by atoms with E-state index in [1.807, 2.05) is 11.4 Å². The Kier molecular flexibility index (Phi) is 4.77. The Labute approximate surface area is 134 Å². The first-order valence-corrected chi connectivity index (χ1v) is 7.80. The van der Waals surface area contributed by atoms with Gasteiger partial charge in [-0.1, -0.05) is 6.07 Å². The number of carbonyl (C=O) groups excluding carboxylic acids is 2. The number of nitrogens with zero attached hydrogens (tertiary/aromatic N) is 1. The number of halogens is 1. The second kappa shape index (κ2) is 6.36. The van der Waals surface area contributed by atoms with Gasteiger partial charge >= 0.3 is 0 Å². The quantitative estimate of drug-likeness (QED) is 0.804. The highest BCUT2D eigenvalue weighted by Gasteiger charge is 2.11. The summed E-state index contributed by atoms with van der Waals surface area (Å²) in [7, 11) is 3.39. The van der Waals surface area contributed by atoms with Crippen LogP contribution >= 0.6 is 33.9 Å². The molecule has 0 aliphatic carbocycles. The molecular weight excluding hydrogens is 387 g/mol. The van der Waals surface area contributed by atoms with Crippen LogP contribution in [0.3, 0.4) is 0 Å². The first kappa shape index (κ1) is 15.0. The molecule has 1 heterocycles. The zero-order valence-corrected chi connectivity index (χ0v) is 14.0. The summed E-state index contributed by atoms with van der Waals surface area (Å²) < 4.78 is 1.06. The van der Waals surface area contributed by atoms with Crippen LogP contribution in [0.25, 0.3) is 0 Å². The van der Waals surface area contributed by atoms with E-state index in [9.17, 15) is 9.59 Å². The number of anilines is 1. The molecule has 104 valence electrons. The van der Waals surface area contributed by atoms with Crippen LogP contribution in [-0.4, -0.2) is 30.8 Å². The van der Waals surface area contributed by atoms with E-state index in [0.717, 1.165) is 2.88 Å². The number of nitrogens with one attached hydrogen (secondary N) is 1. The van der Waals surface area contributed by atoms with E-state index in [1.54, 1.807) is 38.4 Å². The lowest BCUT2D eigenvalue weighted by Gasteiger charge is -2.11. The number of benzene rings is 1. The van der Waals surface area contributed by atoms with Crippen molar-refractivity contribution in [3.63, 3.8) is 0 Å². The van der Waals surface area contributed by atoms with E-state index < -0.39 is 0 Å². The highest BCUT2D eigenvalue weighted by molar-refractivity contribution is 14.1. The summed E-state index contributed by atoms with van der Waals surface area (Å²) in [4.78, 5) is 25.4. The summed E-state index contributed by atoms with van der Waals surface area (Å²) in [6.07, 6.45) is 0. The molecule has 2 aromatic rings. The van der Waals surface area contributed by atoms with Crippen molar-refractivity contribution in [2.45, 2.75) is 0 Å². The average Bonchev–Trinajstić information content (AvgIpc) is 2.85. The van der Waals surface area contributed by atoms with Gasteiger partial charge in [-0.3, -0.25) is 9.59 Å². The number of hydrogen-bond acceptors (Lipinski definition) is 3. The van der Waals surface area contributed by atoms with Crippen LogP contribution in [0.4, 0.5) is 5.69 Å². The van der Waals surface area contributed by atoms with E-state index in [1.165, 1.54) is 16.2 Å². The van der Waals surface area contributed by atoms with Crippen LogP contribution in [-0.2, 0) is 0 Å². The van der Waals surface area contributed by atoms with Crippen molar-refractivity contribution in [3.8, 4) is 0 Å². The van der Waals surface area contributed by atoms with E-state index in [0.29, 0.717) is 16.8 Å². The number of hydrogen-bond donors (Lipinski definition) is 1. The van der Waals surface area contributed by atoms with Crippen LogP contribution in [0.15, 0.2) is 35.7 Å². The van der Waals surface area contributed by atoms with Gasteiger partial charge in [0.15, 0.2) is 0 Å². The molecule has 1 N–H and O–H groups in total. The molecule has 2 amide bonds. The molecule has 1 aromatic heterocycles. The lowest BCUT2D eigenvalue weighted by molar-refractivity contribution is 0.0827. The maximum Gasteiger partial charge on any atom is 0.256 e. The number of thiophene rings is 1. The van der Waals surface area contributed by atoms with E-state index in [-0.39, 0.29) is 11.8 Å². The molecule has 0 radical (unpaired) electrons. The zero-order chi connectivity index (χ0) is 14.7. The van der Waals surface area contributed by atoms with Crippen molar-refractivity contribution < 1.29 is 9.59 Å². The van der Waals surface area contributed by atoms with Gasteiger partial charge in [0.2, 0.25) is 0 Å².